The van der Waals surface area contributed by atoms with Crippen molar-refractivity contribution in [1.29, 1.82) is 0 Å². The third-order valence-electron chi connectivity index (χ3n) is 7.10. The molecule has 35 heavy (non-hydrogen) atoms. The van der Waals surface area contributed by atoms with Gasteiger partial charge in [-0.25, -0.2) is 4.98 Å². The number of aromatic nitrogens is 3. The van der Waals surface area contributed by atoms with Gasteiger partial charge in [0.05, 0.1) is 29.8 Å². The number of aromatic amines is 1. The molecule has 1 saturated heterocycles. The van der Waals surface area contributed by atoms with Gasteiger partial charge in [-0.1, -0.05) is 18.7 Å². The molecular formula is C26H31N9+. The van der Waals surface area contributed by atoms with Crippen molar-refractivity contribution in [2.45, 2.75) is 26.4 Å². The number of hydrogen-bond acceptors (Lipinski definition) is 8. The topological polar surface area (TPSA) is 81.6 Å². The number of H-pyrrole nitrogens is 1. The van der Waals surface area contributed by atoms with Gasteiger partial charge in [0.2, 0.25) is 6.17 Å². The molecule has 1 aromatic carbocycles. The largest absolute Gasteiger partial charge is 0.368 e. The lowest BCUT2D eigenvalue weighted by molar-refractivity contribution is 0.271. The van der Waals surface area contributed by atoms with E-state index >= 15 is 0 Å². The second-order valence-corrected chi connectivity index (χ2v) is 9.09. The molecule has 2 aromatic heterocycles. The molecular weight excluding hydrogens is 438 g/mol. The molecule has 3 aliphatic heterocycles. The molecule has 5 heterocycles. The molecule has 1 unspecified atom stereocenters. The Labute approximate surface area is 205 Å². The molecule has 1 fully saturated rings. The fraction of sp³-hybridized carbons (Fsp3) is 0.346. The van der Waals surface area contributed by atoms with Crippen LogP contribution in [0, 0.1) is 0 Å². The average molecular weight is 470 g/mol. The maximum atomic E-state index is 4.74. The Morgan fingerprint density at radius 3 is 2.69 bits per heavy atom. The number of aliphatic imine (C=N–C) groups is 1. The van der Waals surface area contributed by atoms with Crippen molar-refractivity contribution in [1.82, 2.24) is 25.0 Å². The lowest BCUT2D eigenvalue weighted by atomic mass is 10.1. The molecule has 179 valence electrons. The normalized spacial score (nSPS) is 20.8. The maximum absolute atomic E-state index is 4.74. The highest BCUT2D eigenvalue weighted by Gasteiger charge is 2.44. The van der Waals surface area contributed by atoms with E-state index in [0.29, 0.717) is 0 Å². The first kappa shape index (κ1) is 21.8. The van der Waals surface area contributed by atoms with Gasteiger partial charge in [0, 0.05) is 49.9 Å². The Kier molecular flexibility index (Phi) is 5.71. The number of amidine groups is 1. The summed E-state index contributed by atoms with van der Waals surface area (Å²) in [5.41, 5.74) is 4.21. The van der Waals surface area contributed by atoms with Crippen molar-refractivity contribution in [3.63, 3.8) is 0 Å². The van der Waals surface area contributed by atoms with Crippen LogP contribution >= 0.6 is 0 Å². The number of nitrogens with one attached hydrogen (secondary N) is 2. The molecule has 0 spiro atoms. The third-order valence-corrected chi connectivity index (χ3v) is 7.10. The summed E-state index contributed by atoms with van der Waals surface area (Å²) in [6.45, 7) is 9.82. The molecule has 9 nitrogen and oxygen atoms in total. The van der Waals surface area contributed by atoms with Crippen LogP contribution < -0.4 is 20.0 Å². The maximum Gasteiger partial charge on any atom is 0.309 e. The van der Waals surface area contributed by atoms with Crippen molar-refractivity contribution in [2.75, 3.05) is 47.8 Å². The zero-order chi connectivity index (χ0) is 23.8. The number of rotatable bonds is 6. The number of nitrogens with zero attached hydrogens (tertiary/aromatic N) is 7. The zero-order valence-electron chi connectivity index (χ0n) is 20.2. The Balaban J connectivity index is 1.26. The van der Waals surface area contributed by atoms with Crippen LogP contribution in [0.4, 0.5) is 17.2 Å². The highest BCUT2D eigenvalue weighted by molar-refractivity contribution is 6.06. The van der Waals surface area contributed by atoms with Crippen LogP contribution in [0.1, 0.15) is 20.3 Å². The van der Waals surface area contributed by atoms with Crippen molar-refractivity contribution >= 4 is 33.9 Å². The van der Waals surface area contributed by atoms with E-state index in [1.807, 2.05) is 24.8 Å². The highest BCUT2D eigenvalue weighted by Crippen LogP contribution is 2.31. The van der Waals surface area contributed by atoms with Gasteiger partial charge >= 0.3 is 5.84 Å². The molecule has 6 rings (SSSR count). The Hall–Kier alpha value is -3.69. The van der Waals surface area contributed by atoms with E-state index in [4.69, 9.17) is 4.98 Å². The second-order valence-electron chi connectivity index (χ2n) is 9.09. The standard InChI is InChI=1S/C26H31N9/c1-3-25-34-10-9-27-26(34)23(18-35(25)20-6-5-19-16-29-31-22(19)15-20)30-24-8-7-21(17-28-24)33-13-11-32(4-2)12-14-33/h5-10,15-18,25H,3-4,11-14H2,1-2H3,(H,28,30)(H,29,31)/q+1. The molecule has 1 atom stereocenters. The second kappa shape index (κ2) is 9.16. The predicted octanol–water partition coefficient (Wildman–Crippen LogP) is 3.63. The van der Waals surface area contributed by atoms with Gasteiger partial charge in [-0.2, -0.15) is 10.1 Å². The smallest absolute Gasteiger partial charge is 0.309 e. The summed E-state index contributed by atoms with van der Waals surface area (Å²) in [5, 5.41) is 11.9. The molecule has 0 saturated carbocycles. The number of pyridine rings is 1. The van der Waals surface area contributed by atoms with Gasteiger partial charge in [0.1, 0.15) is 11.5 Å². The number of benzene rings is 1. The van der Waals surface area contributed by atoms with Crippen LogP contribution in [0.3, 0.4) is 0 Å². The van der Waals surface area contributed by atoms with Gasteiger partial charge in [-0.3, -0.25) is 10.00 Å². The minimum atomic E-state index is 0.135. The molecule has 9 heteroatoms. The summed E-state index contributed by atoms with van der Waals surface area (Å²) in [5.74, 6) is 1.72. The van der Waals surface area contributed by atoms with Gasteiger partial charge in [-0.15, -0.1) is 0 Å². The van der Waals surface area contributed by atoms with Crippen LogP contribution in [-0.2, 0) is 0 Å². The van der Waals surface area contributed by atoms with E-state index in [0.717, 1.165) is 73.1 Å². The third kappa shape index (κ3) is 4.06. The van der Waals surface area contributed by atoms with Crippen molar-refractivity contribution in [2.24, 2.45) is 4.99 Å². The SMILES string of the molecule is CCC1N(c2ccc3cn[nH]c3c2)C=C(Nc2ccc(N3CCN(CC)CC3)cn2)C2=NC=C[N+]21. The zero-order valence-corrected chi connectivity index (χ0v) is 20.2. The number of hydrogen-bond donors (Lipinski definition) is 2. The summed E-state index contributed by atoms with van der Waals surface area (Å²) in [7, 11) is 0. The predicted molar refractivity (Wildman–Crippen MR) is 142 cm³/mol. The summed E-state index contributed by atoms with van der Waals surface area (Å²) in [4.78, 5) is 18.8. The van der Waals surface area contributed by atoms with Gasteiger partial charge in [0.25, 0.3) is 0 Å². The first-order chi connectivity index (χ1) is 17.2. The van der Waals surface area contributed by atoms with Crippen molar-refractivity contribution in [3.05, 3.63) is 67.0 Å². The molecule has 0 amide bonds. The summed E-state index contributed by atoms with van der Waals surface area (Å²) in [6, 6.07) is 10.6. The van der Waals surface area contributed by atoms with E-state index in [2.05, 4.69) is 90.5 Å². The average Bonchev–Trinajstić information content (AvgIpc) is 3.59. The van der Waals surface area contributed by atoms with E-state index in [-0.39, 0.29) is 6.17 Å². The van der Waals surface area contributed by atoms with Crippen LogP contribution in [0.15, 0.2) is 72.0 Å². The number of likely N-dealkylation sites (N-methyl/N-ethyl adjacent to an activating group) is 1. The lowest BCUT2D eigenvalue weighted by Gasteiger charge is -2.35. The van der Waals surface area contributed by atoms with Crippen molar-refractivity contribution in [3.8, 4) is 0 Å². The molecule has 0 aliphatic carbocycles. The van der Waals surface area contributed by atoms with Crippen LogP contribution in [0.5, 0.6) is 0 Å². The quantitative estimate of drug-likeness (QED) is 0.537. The summed E-state index contributed by atoms with van der Waals surface area (Å²) in [6.07, 6.45) is 10.9. The van der Waals surface area contributed by atoms with Gasteiger partial charge in [0.15, 0.2) is 6.20 Å². The molecule has 0 bridgehead atoms. The molecule has 3 aliphatic rings. The van der Waals surface area contributed by atoms with Crippen LogP contribution in [0.25, 0.3) is 10.9 Å². The van der Waals surface area contributed by atoms with Gasteiger partial charge in [-0.05, 0) is 36.9 Å². The number of fused-ring (bicyclic) bond motifs is 2. The Morgan fingerprint density at radius 2 is 1.91 bits per heavy atom. The molecule has 1 radical (unpaired) electrons. The van der Waals surface area contributed by atoms with Crippen molar-refractivity contribution < 1.29 is 0 Å². The fourth-order valence-corrected chi connectivity index (χ4v) is 5.10. The minimum Gasteiger partial charge on any atom is -0.368 e. The first-order valence-electron chi connectivity index (χ1n) is 12.4. The van der Waals surface area contributed by atoms with Gasteiger partial charge < -0.3 is 15.1 Å². The minimum absolute atomic E-state index is 0.135. The Bertz CT molecular complexity index is 1280. The monoisotopic (exact) mass is 469 g/mol. The summed E-state index contributed by atoms with van der Waals surface area (Å²) < 4.78 is 0. The fourth-order valence-electron chi connectivity index (χ4n) is 5.10. The van der Waals surface area contributed by atoms with E-state index < -0.39 is 0 Å². The molecule has 2 N–H and O–H groups in total. The number of anilines is 3. The highest BCUT2D eigenvalue weighted by atomic mass is 15.4. The van der Waals surface area contributed by atoms with E-state index in [1.54, 1.807) is 0 Å². The van der Waals surface area contributed by atoms with Crippen LogP contribution in [-0.4, -0.2) is 64.8 Å². The van der Waals surface area contributed by atoms with Crippen LogP contribution in [0.2, 0.25) is 0 Å². The lowest BCUT2D eigenvalue weighted by Crippen LogP contribution is -2.54. The van der Waals surface area contributed by atoms with E-state index in [1.165, 1.54) is 5.69 Å². The van der Waals surface area contributed by atoms with E-state index in [9.17, 15) is 0 Å². The first-order valence-corrected chi connectivity index (χ1v) is 12.4. The molecule has 3 aromatic rings. The summed E-state index contributed by atoms with van der Waals surface area (Å²) >= 11 is 0. The Morgan fingerprint density at radius 1 is 1.06 bits per heavy atom. The number of piperazine rings is 1.